The first-order chi connectivity index (χ1) is 8.56. The number of nitrogens with one attached hydrogen (secondary N) is 2. The highest BCUT2D eigenvalue weighted by Crippen LogP contribution is 2.24. The van der Waals surface area contributed by atoms with Gasteiger partial charge in [0, 0.05) is 29.4 Å². The predicted molar refractivity (Wildman–Crippen MR) is 71.9 cm³/mol. The maximum Gasteiger partial charge on any atom is 0.274 e. The van der Waals surface area contributed by atoms with Crippen molar-refractivity contribution in [2.24, 2.45) is 0 Å². The molecule has 2 N–H and O–H groups in total. The van der Waals surface area contributed by atoms with Crippen LogP contribution in [0.5, 0.6) is 0 Å². The summed E-state index contributed by atoms with van der Waals surface area (Å²) >= 11 is 0. The van der Waals surface area contributed by atoms with Crippen molar-refractivity contribution >= 4 is 11.4 Å². The van der Waals surface area contributed by atoms with E-state index < -0.39 is 0 Å². The zero-order valence-electron chi connectivity index (χ0n) is 10.8. The Hall–Kier alpha value is -1.62. The van der Waals surface area contributed by atoms with Gasteiger partial charge in [0.1, 0.15) is 0 Å². The molecular weight excluding hydrogens is 230 g/mol. The van der Waals surface area contributed by atoms with E-state index in [9.17, 15) is 10.1 Å². The first-order valence-electron chi connectivity index (χ1n) is 6.31. The van der Waals surface area contributed by atoms with E-state index in [1.54, 1.807) is 19.1 Å². The maximum atomic E-state index is 10.9. The molecule has 0 aliphatic carbocycles. The molecule has 0 bridgehead atoms. The minimum atomic E-state index is -0.328. The molecule has 5 nitrogen and oxygen atoms in total. The first kappa shape index (κ1) is 12.8. The van der Waals surface area contributed by atoms with E-state index in [2.05, 4.69) is 17.6 Å². The fraction of sp³-hybridized carbons (Fsp3) is 0.538. The summed E-state index contributed by atoms with van der Waals surface area (Å²) in [5.41, 5.74) is 1.72. The molecule has 1 aliphatic rings. The monoisotopic (exact) mass is 249 g/mol. The molecule has 0 aromatic heterocycles. The molecule has 0 saturated carbocycles. The summed E-state index contributed by atoms with van der Waals surface area (Å²) in [7, 11) is 0. The van der Waals surface area contributed by atoms with Crippen LogP contribution in [-0.2, 0) is 0 Å². The van der Waals surface area contributed by atoms with Crippen LogP contribution in [0.1, 0.15) is 25.3 Å². The Morgan fingerprint density at radius 2 is 2.28 bits per heavy atom. The number of aryl methyl sites for hydroxylation is 1. The highest BCUT2D eigenvalue weighted by molar-refractivity contribution is 5.55. The zero-order chi connectivity index (χ0) is 13.1. The molecule has 0 radical (unpaired) electrons. The Morgan fingerprint density at radius 3 is 2.94 bits per heavy atom. The van der Waals surface area contributed by atoms with E-state index >= 15 is 0 Å². The van der Waals surface area contributed by atoms with Crippen LogP contribution in [0.25, 0.3) is 0 Å². The molecule has 1 fully saturated rings. The SMILES string of the molecule is Cc1ccc(NC2CCNC(C)C2)cc1[N+](=O)[O-]. The van der Waals surface area contributed by atoms with Gasteiger partial charge in [-0.25, -0.2) is 0 Å². The second-order valence-corrected chi connectivity index (χ2v) is 4.98. The van der Waals surface area contributed by atoms with Gasteiger partial charge < -0.3 is 10.6 Å². The van der Waals surface area contributed by atoms with Gasteiger partial charge in [0.15, 0.2) is 0 Å². The Labute approximate surface area is 107 Å². The smallest absolute Gasteiger partial charge is 0.274 e. The van der Waals surface area contributed by atoms with Crippen molar-refractivity contribution in [1.82, 2.24) is 5.32 Å². The maximum absolute atomic E-state index is 10.9. The third kappa shape index (κ3) is 2.98. The van der Waals surface area contributed by atoms with Gasteiger partial charge >= 0.3 is 0 Å². The molecule has 2 unspecified atom stereocenters. The number of hydrogen-bond acceptors (Lipinski definition) is 4. The third-order valence-corrected chi connectivity index (χ3v) is 3.40. The molecule has 1 heterocycles. The quantitative estimate of drug-likeness (QED) is 0.638. The Bertz CT molecular complexity index is 448. The number of hydrogen-bond donors (Lipinski definition) is 2. The van der Waals surface area contributed by atoms with Crippen molar-refractivity contribution in [3.63, 3.8) is 0 Å². The Balaban J connectivity index is 2.09. The van der Waals surface area contributed by atoms with Crippen molar-refractivity contribution in [3.05, 3.63) is 33.9 Å². The number of nitro benzene ring substituents is 1. The van der Waals surface area contributed by atoms with Gasteiger partial charge in [0.25, 0.3) is 5.69 Å². The van der Waals surface area contributed by atoms with Gasteiger partial charge in [-0.1, -0.05) is 6.07 Å². The normalized spacial score (nSPS) is 23.7. The Morgan fingerprint density at radius 1 is 1.50 bits per heavy atom. The summed E-state index contributed by atoms with van der Waals surface area (Å²) in [6.07, 6.45) is 2.09. The molecule has 2 atom stereocenters. The molecule has 1 aromatic carbocycles. The summed E-state index contributed by atoms with van der Waals surface area (Å²) in [6, 6.07) is 6.22. The average molecular weight is 249 g/mol. The minimum absolute atomic E-state index is 0.182. The average Bonchev–Trinajstić information content (AvgIpc) is 2.31. The molecule has 1 aliphatic heterocycles. The lowest BCUT2D eigenvalue weighted by atomic mass is 10.0. The molecule has 98 valence electrons. The van der Waals surface area contributed by atoms with E-state index in [1.165, 1.54) is 0 Å². The highest BCUT2D eigenvalue weighted by Gasteiger charge is 2.19. The lowest BCUT2D eigenvalue weighted by Crippen LogP contribution is -2.41. The lowest BCUT2D eigenvalue weighted by molar-refractivity contribution is -0.385. The third-order valence-electron chi connectivity index (χ3n) is 3.40. The van der Waals surface area contributed by atoms with Gasteiger partial charge in [-0.2, -0.15) is 0 Å². The predicted octanol–water partition coefficient (Wildman–Crippen LogP) is 2.46. The summed E-state index contributed by atoms with van der Waals surface area (Å²) in [5, 5.41) is 17.7. The van der Waals surface area contributed by atoms with Crippen LogP contribution < -0.4 is 10.6 Å². The molecule has 1 aromatic rings. The molecule has 18 heavy (non-hydrogen) atoms. The van der Waals surface area contributed by atoms with Gasteiger partial charge in [-0.05, 0) is 39.3 Å². The van der Waals surface area contributed by atoms with Gasteiger partial charge in [0.05, 0.1) is 4.92 Å². The van der Waals surface area contributed by atoms with Crippen LogP contribution in [0, 0.1) is 17.0 Å². The van der Waals surface area contributed by atoms with Crippen LogP contribution in [0.2, 0.25) is 0 Å². The lowest BCUT2D eigenvalue weighted by Gasteiger charge is -2.29. The number of nitro groups is 1. The van der Waals surface area contributed by atoms with Crippen LogP contribution >= 0.6 is 0 Å². The second kappa shape index (κ2) is 5.35. The fourth-order valence-electron chi connectivity index (χ4n) is 2.39. The van der Waals surface area contributed by atoms with Crippen LogP contribution in [0.3, 0.4) is 0 Å². The van der Waals surface area contributed by atoms with Crippen molar-refractivity contribution < 1.29 is 4.92 Å². The molecular formula is C13H19N3O2. The van der Waals surface area contributed by atoms with Crippen molar-refractivity contribution in [2.75, 3.05) is 11.9 Å². The summed E-state index contributed by atoms with van der Waals surface area (Å²) < 4.78 is 0. The van der Waals surface area contributed by atoms with Crippen molar-refractivity contribution in [3.8, 4) is 0 Å². The first-order valence-corrected chi connectivity index (χ1v) is 6.31. The number of benzene rings is 1. The Kier molecular flexibility index (Phi) is 3.81. The number of rotatable bonds is 3. The van der Waals surface area contributed by atoms with Crippen molar-refractivity contribution in [2.45, 2.75) is 38.8 Å². The molecule has 2 rings (SSSR count). The standard InChI is InChI=1S/C13H19N3O2/c1-9-3-4-11(8-13(9)16(17)18)15-12-5-6-14-10(2)7-12/h3-4,8,10,12,14-15H,5-7H2,1-2H3. The van der Waals surface area contributed by atoms with E-state index in [1.807, 2.05) is 6.07 Å². The van der Waals surface area contributed by atoms with E-state index in [0.29, 0.717) is 17.6 Å². The fourth-order valence-corrected chi connectivity index (χ4v) is 2.39. The molecule has 1 saturated heterocycles. The van der Waals surface area contributed by atoms with Crippen LogP contribution in [-0.4, -0.2) is 23.6 Å². The number of piperidine rings is 1. The zero-order valence-corrected chi connectivity index (χ0v) is 10.8. The summed E-state index contributed by atoms with van der Waals surface area (Å²) in [6.45, 7) is 4.91. The van der Waals surface area contributed by atoms with Crippen LogP contribution in [0.15, 0.2) is 18.2 Å². The van der Waals surface area contributed by atoms with E-state index in [-0.39, 0.29) is 10.6 Å². The number of anilines is 1. The van der Waals surface area contributed by atoms with Crippen molar-refractivity contribution in [1.29, 1.82) is 0 Å². The number of nitrogens with zero attached hydrogens (tertiary/aromatic N) is 1. The summed E-state index contributed by atoms with van der Waals surface area (Å²) in [5.74, 6) is 0. The largest absolute Gasteiger partial charge is 0.382 e. The molecule has 5 heteroatoms. The topological polar surface area (TPSA) is 67.2 Å². The van der Waals surface area contributed by atoms with Gasteiger partial charge in [-0.15, -0.1) is 0 Å². The minimum Gasteiger partial charge on any atom is -0.382 e. The molecule has 0 amide bonds. The van der Waals surface area contributed by atoms with E-state index in [0.717, 1.165) is 25.1 Å². The van der Waals surface area contributed by atoms with Gasteiger partial charge in [0.2, 0.25) is 0 Å². The van der Waals surface area contributed by atoms with Gasteiger partial charge in [-0.3, -0.25) is 10.1 Å². The second-order valence-electron chi connectivity index (χ2n) is 4.98. The highest BCUT2D eigenvalue weighted by atomic mass is 16.6. The molecule has 0 spiro atoms. The summed E-state index contributed by atoms with van der Waals surface area (Å²) in [4.78, 5) is 10.6. The van der Waals surface area contributed by atoms with E-state index in [4.69, 9.17) is 0 Å². The van der Waals surface area contributed by atoms with Crippen LogP contribution in [0.4, 0.5) is 11.4 Å².